The number of hydrogen-bond donors (Lipinski definition) is 1. The van der Waals surface area contributed by atoms with Crippen molar-refractivity contribution in [3.8, 4) is 0 Å². The summed E-state index contributed by atoms with van der Waals surface area (Å²) < 4.78 is 0. The van der Waals surface area contributed by atoms with Gasteiger partial charge in [0, 0.05) is 11.4 Å². The summed E-state index contributed by atoms with van der Waals surface area (Å²) in [6.07, 6.45) is 3.15. The van der Waals surface area contributed by atoms with Gasteiger partial charge in [-0.05, 0) is 31.7 Å². The minimum absolute atomic E-state index is 0.398. The summed E-state index contributed by atoms with van der Waals surface area (Å²) in [7, 11) is 0. The van der Waals surface area contributed by atoms with Gasteiger partial charge in [-0.1, -0.05) is 0 Å². The highest BCUT2D eigenvalue weighted by molar-refractivity contribution is 7.99. The molecule has 0 bridgehead atoms. The molecule has 0 radical (unpaired) electrons. The maximum atomic E-state index is 5.54. The second-order valence-electron chi connectivity index (χ2n) is 3.32. The number of nitrogens with zero attached hydrogens (tertiary/aromatic N) is 4. The fraction of sp³-hybridized carbons (Fsp3) is 0.200. The monoisotopic (exact) mass is 233 g/mol. The van der Waals surface area contributed by atoms with E-state index < -0.39 is 0 Å². The molecular formula is C10H11N5S. The molecule has 0 spiro atoms. The van der Waals surface area contributed by atoms with Crippen molar-refractivity contribution in [1.82, 2.24) is 19.9 Å². The molecule has 82 valence electrons. The van der Waals surface area contributed by atoms with Crippen LogP contribution >= 0.6 is 11.8 Å². The lowest BCUT2D eigenvalue weighted by Crippen LogP contribution is -1.95. The third kappa shape index (κ3) is 2.66. The molecular weight excluding hydrogens is 222 g/mol. The largest absolute Gasteiger partial charge is 0.382 e. The molecule has 2 rings (SSSR count). The Balaban J connectivity index is 2.27. The summed E-state index contributed by atoms with van der Waals surface area (Å²) >= 11 is 1.35. The zero-order valence-electron chi connectivity index (χ0n) is 9.01. The first kappa shape index (κ1) is 10.8. The molecule has 0 aliphatic heterocycles. The SMILES string of the molecule is Cc1cc(C)nc(Sc2cncc(N)n2)n1. The Kier molecular flexibility index (Phi) is 3.00. The average molecular weight is 233 g/mol. The number of anilines is 1. The van der Waals surface area contributed by atoms with E-state index in [-0.39, 0.29) is 0 Å². The van der Waals surface area contributed by atoms with Gasteiger partial charge in [0.1, 0.15) is 10.8 Å². The summed E-state index contributed by atoms with van der Waals surface area (Å²) in [4.78, 5) is 16.7. The van der Waals surface area contributed by atoms with Gasteiger partial charge >= 0.3 is 0 Å². The molecule has 0 saturated carbocycles. The van der Waals surface area contributed by atoms with Crippen LogP contribution in [0.5, 0.6) is 0 Å². The standard InChI is InChI=1S/C10H11N5S/c1-6-3-7(2)14-10(13-6)16-9-5-12-4-8(11)15-9/h3-5H,1-2H3,(H2,11,15). The minimum Gasteiger partial charge on any atom is -0.382 e. The summed E-state index contributed by atoms with van der Waals surface area (Å²) in [5, 5.41) is 1.36. The Morgan fingerprint density at radius 2 is 1.75 bits per heavy atom. The van der Waals surface area contributed by atoms with Gasteiger partial charge in [0.05, 0.1) is 12.4 Å². The third-order valence-electron chi connectivity index (χ3n) is 1.79. The minimum atomic E-state index is 0.398. The topological polar surface area (TPSA) is 77.6 Å². The first-order valence-corrected chi connectivity index (χ1v) is 5.53. The molecule has 0 aromatic carbocycles. The lowest BCUT2D eigenvalue weighted by atomic mass is 10.4. The van der Waals surface area contributed by atoms with Crippen LogP contribution in [0, 0.1) is 13.8 Å². The van der Waals surface area contributed by atoms with Crippen LogP contribution in [0.2, 0.25) is 0 Å². The van der Waals surface area contributed by atoms with E-state index in [9.17, 15) is 0 Å². The fourth-order valence-electron chi connectivity index (χ4n) is 1.24. The zero-order chi connectivity index (χ0) is 11.5. The molecule has 0 fully saturated rings. The van der Waals surface area contributed by atoms with Gasteiger partial charge in [0.25, 0.3) is 0 Å². The van der Waals surface area contributed by atoms with Crippen LogP contribution < -0.4 is 5.73 Å². The van der Waals surface area contributed by atoms with E-state index in [1.165, 1.54) is 18.0 Å². The Morgan fingerprint density at radius 3 is 2.38 bits per heavy atom. The first-order chi connectivity index (χ1) is 7.63. The molecule has 0 saturated heterocycles. The molecule has 0 unspecified atom stereocenters. The van der Waals surface area contributed by atoms with E-state index in [1.807, 2.05) is 19.9 Å². The van der Waals surface area contributed by atoms with E-state index in [1.54, 1.807) is 6.20 Å². The lowest BCUT2D eigenvalue weighted by molar-refractivity contribution is 0.897. The van der Waals surface area contributed by atoms with Gasteiger partial charge < -0.3 is 5.73 Å². The molecule has 5 nitrogen and oxygen atoms in total. The van der Waals surface area contributed by atoms with E-state index in [2.05, 4.69) is 19.9 Å². The second kappa shape index (κ2) is 4.44. The van der Waals surface area contributed by atoms with Crippen molar-refractivity contribution in [2.45, 2.75) is 24.0 Å². The van der Waals surface area contributed by atoms with Crippen LogP contribution in [-0.4, -0.2) is 19.9 Å². The second-order valence-corrected chi connectivity index (χ2v) is 4.31. The van der Waals surface area contributed by atoms with Crippen LogP contribution in [0.1, 0.15) is 11.4 Å². The molecule has 0 aliphatic carbocycles. The van der Waals surface area contributed by atoms with E-state index in [0.29, 0.717) is 16.0 Å². The number of nitrogens with two attached hydrogens (primary N) is 1. The van der Waals surface area contributed by atoms with Crippen LogP contribution in [0.4, 0.5) is 5.82 Å². The van der Waals surface area contributed by atoms with Gasteiger partial charge in [-0.15, -0.1) is 0 Å². The highest BCUT2D eigenvalue weighted by atomic mass is 32.2. The Bertz CT molecular complexity index is 494. The maximum Gasteiger partial charge on any atom is 0.194 e. The molecule has 2 aromatic rings. The van der Waals surface area contributed by atoms with Gasteiger partial charge in [0.15, 0.2) is 5.16 Å². The third-order valence-corrected chi connectivity index (χ3v) is 2.56. The molecule has 0 aliphatic rings. The van der Waals surface area contributed by atoms with E-state index in [0.717, 1.165) is 11.4 Å². The van der Waals surface area contributed by atoms with Crippen LogP contribution in [0.3, 0.4) is 0 Å². The van der Waals surface area contributed by atoms with Gasteiger partial charge in [0.2, 0.25) is 0 Å². The average Bonchev–Trinajstić information content (AvgIpc) is 2.15. The number of aryl methyl sites for hydroxylation is 2. The Labute approximate surface area is 97.6 Å². The molecule has 2 N–H and O–H groups in total. The first-order valence-electron chi connectivity index (χ1n) is 4.71. The fourth-order valence-corrected chi connectivity index (χ4v) is 2.08. The Morgan fingerprint density at radius 1 is 1.06 bits per heavy atom. The maximum absolute atomic E-state index is 5.54. The smallest absolute Gasteiger partial charge is 0.194 e. The molecule has 2 heterocycles. The highest BCUT2D eigenvalue weighted by Gasteiger charge is 2.04. The number of hydrogen-bond acceptors (Lipinski definition) is 6. The van der Waals surface area contributed by atoms with Gasteiger partial charge in [-0.3, -0.25) is 4.98 Å². The molecule has 0 atom stereocenters. The summed E-state index contributed by atoms with van der Waals surface area (Å²) in [6, 6.07) is 1.93. The van der Waals surface area contributed by atoms with Crippen molar-refractivity contribution >= 4 is 17.6 Å². The van der Waals surface area contributed by atoms with Crippen LogP contribution in [0.25, 0.3) is 0 Å². The van der Waals surface area contributed by atoms with Crippen molar-refractivity contribution < 1.29 is 0 Å². The predicted molar refractivity (Wildman–Crippen MR) is 62.1 cm³/mol. The van der Waals surface area contributed by atoms with Crippen LogP contribution in [0.15, 0.2) is 28.6 Å². The van der Waals surface area contributed by atoms with E-state index >= 15 is 0 Å². The van der Waals surface area contributed by atoms with Crippen molar-refractivity contribution in [3.05, 3.63) is 29.8 Å². The molecule has 16 heavy (non-hydrogen) atoms. The Hall–Kier alpha value is -1.69. The van der Waals surface area contributed by atoms with E-state index in [4.69, 9.17) is 5.73 Å². The van der Waals surface area contributed by atoms with Crippen molar-refractivity contribution in [1.29, 1.82) is 0 Å². The van der Waals surface area contributed by atoms with Gasteiger partial charge in [-0.2, -0.15) is 0 Å². The summed E-state index contributed by atoms with van der Waals surface area (Å²) in [6.45, 7) is 3.87. The number of nitrogen functional groups attached to an aromatic ring is 1. The number of rotatable bonds is 2. The molecule has 2 aromatic heterocycles. The van der Waals surface area contributed by atoms with Crippen molar-refractivity contribution in [2.24, 2.45) is 0 Å². The normalized spacial score (nSPS) is 10.4. The van der Waals surface area contributed by atoms with Crippen molar-refractivity contribution in [2.75, 3.05) is 5.73 Å². The van der Waals surface area contributed by atoms with Crippen molar-refractivity contribution in [3.63, 3.8) is 0 Å². The quantitative estimate of drug-likeness (QED) is 0.794. The zero-order valence-corrected chi connectivity index (χ0v) is 9.82. The summed E-state index contributed by atoms with van der Waals surface area (Å²) in [5.74, 6) is 0.398. The lowest BCUT2D eigenvalue weighted by Gasteiger charge is -2.02. The molecule has 6 heteroatoms. The summed E-state index contributed by atoms with van der Waals surface area (Å²) in [5.41, 5.74) is 7.42. The van der Waals surface area contributed by atoms with Crippen LogP contribution in [-0.2, 0) is 0 Å². The van der Waals surface area contributed by atoms with Gasteiger partial charge in [-0.25, -0.2) is 15.0 Å². The molecule has 0 amide bonds. The highest BCUT2D eigenvalue weighted by Crippen LogP contribution is 2.22. The predicted octanol–water partition coefficient (Wildman–Crippen LogP) is 1.62. The number of aromatic nitrogens is 4.